The standard InChI is InChI=1S/C19H26ClN7O2/c1-13(2)10-16-22-18(25-24-16)23-17(28)12-21-19(29)27-8-6-26(7-9-27)15-5-3-4-14(20)11-15/h3-5,11,13H,6-10,12H2,1-2H3,(H,21,29)(H2,22,23,24,25,28). The zero-order valence-corrected chi connectivity index (χ0v) is 17.4. The number of nitrogens with zero attached hydrogens (tertiary/aromatic N) is 4. The summed E-state index contributed by atoms with van der Waals surface area (Å²) in [5.41, 5.74) is 1.04. The number of nitrogens with one attached hydrogen (secondary N) is 3. The highest BCUT2D eigenvalue weighted by Gasteiger charge is 2.22. The molecule has 156 valence electrons. The normalized spacial score (nSPS) is 14.2. The highest BCUT2D eigenvalue weighted by atomic mass is 35.5. The fourth-order valence-electron chi connectivity index (χ4n) is 3.11. The van der Waals surface area contributed by atoms with E-state index in [2.05, 4.69) is 44.6 Å². The Labute approximate surface area is 174 Å². The Balaban J connectivity index is 1.40. The number of benzene rings is 1. The van der Waals surface area contributed by atoms with E-state index >= 15 is 0 Å². The molecule has 0 bridgehead atoms. The summed E-state index contributed by atoms with van der Waals surface area (Å²) in [6, 6.07) is 7.40. The van der Waals surface area contributed by atoms with Crippen LogP contribution < -0.4 is 15.5 Å². The maximum absolute atomic E-state index is 12.3. The van der Waals surface area contributed by atoms with E-state index in [1.54, 1.807) is 4.90 Å². The Morgan fingerprint density at radius 1 is 1.24 bits per heavy atom. The highest BCUT2D eigenvalue weighted by molar-refractivity contribution is 6.30. The summed E-state index contributed by atoms with van der Waals surface area (Å²) in [4.78, 5) is 32.5. The number of aromatic amines is 1. The number of halogens is 1. The predicted molar refractivity (Wildman–Crippen MR) is 112 cm³/mol. The number of hydrogen-bond donors (Lipinski definition) is 3. The van der Waals surface area contributed by atoms with E-state index in [1.807, 2.05) is 24.3 Å². The van der Waals surface area contributed by atoms with Gasteiger partial charge in [-0.15, -0.1) is 5.10 Å². The van der Waals surface area contributed by atoms with E-state index < -0.39 is 0 Å². The second-order valence-corrected chi connectivity index (χ2v) is 7.80. The lowest BCUT2D eigenvalue weighted by atomic mass is 10.1. The molecular formula is C19H26ClN7O2. The summed E-state index contributed by atoms with van der Waals surface area (Å²) < 4.78 is 0. The molecule has 3 N–H and O–H groups in total. The Morgan fingerprint density at radius 2 is 2.00 bits per heavy atom. The third kappa shape index (κ3) is 6.08. The molecule has 0 aliphatic carbocycles. The van der Waals surface area contributed by atoms with E-state index in [1.165, 1.54) is 0 Å². The van der Waals surface area contributed by atoms with Crippen LogP contribution in [0.3, 0.4) is 0 Å². The highest BCUT2D eigenvalue weighted by Crippen LogP contribution is 2.20. The third-order valence-electron chi connectivity index (χ3n) is 4.52. The van der Waals surface area contributed by atoms with Crippen LogP contribution in [0.4, 0.5) is 16.4 Å². The number of amides is 3. The van der Waals surface area contributed by atoms with Gasteiger partial charge in [-0.1, -0.05) is 31.5 Å². The van der Waals surface area contributed by atoms with Crippen molar-refractivity contribution in [3.63, 3.8) is 0 Å². The number of hydrogen-bond acceptors (Lipinski definition) is 5. The van der Waals surface area contributed by atoms with Crippen molar-refractivity contribution in [1.82, 2.24) is 25.4 Å². The number of aromatic nitrogens is 3. The van der Waals surface area contributed by atoms with Gasteiger partial charge in [-0.25, -0.2) is 4.79 Å². The number of carbonyl (C=O) groups is 2. The van der Waals surface area contributed by atoms with Gasteiger partial charge in [0.15, 0.2) is 0 Å². The van der Waals surface area contributed by atoms with Crippen molar-refractivity contribution in [3.8, 4) is 0 Å². The summed E-state index contributed by atoms with van der Waals surface area (Å²) >= 11 is 6.05. The Kier molecular flexibility index (Phi) is 6.92. The second kappa shape index (κ2) is 9.60. The van der Waals surface area contributed by atoms with Crippen LogP contribution in [0.2, 0.25) is 5.02 Å². The van der Waals surface area contributed by atoms with Gasteiger partial charge in [0.1, 0.15) is 5.82 Å². The molecule has 0 spiro atoms. The number of H-pyrrole nitrogens is 1. The summed E-state index contributed by atoms with van der Waals surface area (Å²) in [5, 5.41) is 12.7. The van der Waals surface area contributed by atoms with E-state index in [9.17, 15) is 9.59 Å². The fourth-order valence-corrected chi connectivity index (χ4v) is 3.29. The average Bonchev–Trinajstić information content (AvgIpc) is 3.12. The molecule has 1 aliphatic heterocycles. The number of anilines is 2. The lowest BCUT2D eigenvalue weighted by molar-refractivity contribution is -0.115. The van der Waals surface area contributed by atoms with Crippen molar-refractivity contribution in [1.29, 1.82) is 0 Å². The van der Waals surface area contributed by atoms with Gasteiger partial charge in [0.05, 0.1) is 6.54 Å². The Hall–Kier alpha value is -2.81. The zero-order valence-electron chi connectivity index (χ0n) is 16.6. The van der Waals surface area contributed by atoms with Gasteiger partial charge in [0.2, 0.25) is 11.9 Å². The molecular weight excluding hydrogens is 394 g/mol. The van der Waals surface area contributed by atoms with Crippen LogP contribution in [0, 0.1) is 5.92 Å². The topological polar surface area (TPSA) is 106 Å². The summed E-state index contributed by atoms with van der Waals surface area (Å²) in [6.45, 7) is 6.56. The van der Waals surface area contributed by atoms with Crippen molar-refractivity contribution < 1.29 is 9.59 Å². The SMILES string of the molecule is CC(C)Cc1nc(NC(=O)CNC(=O)N2CCN(c3cccc(Cl)c3)CC2)n[nH]1. The molecule has 9 nitrogen and oxygen atoms in total. The Bertz CT molecular complexity index is 847. The van der Waals surface area contributed by atoms with Crippen LogP contribution in [-0.2, 0) is 11.2 Å². The summed E-state index contributed by atoms with van der Waals surface area (Å²) in [7, 11) is 0. The van der Waals surface area contributed by atoms with Gasteiger partial charge < -0.3 is 15.1 Å². The predicted octanol–water partition coefficient (Wildman–Crippen LogP) is 2.13. The Morgan fingerprint density at radius 3 is 2.69 bits per heavy atom. The van der Waals surface area contributed by atoms with Gasteiger partial charge >= 0.3 is 6.03 Å². The van der Waals surface area contributed by atoms with E-state index in [4.69, 9.17) is 11.6 Å². The minimum atomic E-state index is -0.369. The van der Waals surface area contributed by atoms with Crippen molar-refractivity contribution >= 4 is 35.2 Å². The number of carbonyl (C=O) groups excluding carboxylic acids is 2. The van der Waals surface area contributed by atoms with Crippen molar-refractivity contribution in [2.75, 3.05) is 42.9 Å². The molecule has 1 aromatic carbocycles. The van der Waals surface area contributed by atoms with E-state index in [0.717, 1.165) is 17.9 Å². The number of urea groups is 1. The molecule has 1 aromatic heterocycles. The summed E-state index contributed by atoms with van der Waals surface area (Å²) in [6.07, 6.45) is 0.751. The van der Waals surface area contributed by atoms with Crippen LogP contribution in [0.15, 0.2) is 24.3 Å². The average molecular weight is 420 g/mol. The molecule has 0 radical (unpaired) electrons. The maximum atomic E-state index is 12.3. The molecule has 0 atom stereocenters. The van der Waals surface area contributed by atoms with Gasteiger partial charge in [-0.2, -0.15) is 4.98 Å². The fraction of sp³-hybridized carbons (Fsp3) is 0.474. The van der Waals surface area contributed by atoms with Crippen LogP contribution in [0.25, 0.3) is 0 Å². The zero-order chi connectivity index (χ0) is 20.8. The smallest absolute Gasteiger partial charge is 0.317 e. The molecule has 0 unspecified atom stereocenters. The first-order chi connectivity index (χ1) is 13.9. The minimum absolute atomic E-state index is 0.138. The van der Waals surface area contributed by atoms with Gasteiger partial charge in [-0.05, 0) is 24.1 Å². The minimum Gasteiger partial charge on any atom is -0.368 e. The van der Waals surface area contributed by atoms with E-state index in [-0.39, 0.29) is 24.4 Å². The molecule has 3 rings (SSSR count). The van der Waals surface area contributed by atoms with Crippen LogP contribution in [-0.4, -0.2) is 64.7 Å². The van der Waals surface area contributed by atoms with Crippen LogP contribution in [0.5, 0.6) is 0 Å². The second-order valence-electron chi connectivity index (χ2n) is 7.36. The monoisotopic (exact) mass is 419 g/mol. The summed E-state index contributed by atoms with van der Waals surface area (Å²) in [5.74, 6) is 1.00. The van der Waals surface area contributed by atoms with E-state index in [0.29, 0.717) is 37.1 Å². The van der Waals surface area contributed by atoms with Crippen LogP contribution in [0.1, 0.15) is 19.7 Å². The first-order valence-electron chi connectivity index (χ1n) is 9.65. The number of piperazine rings is 1. The lowest BCUT2D eigenvalue weighted by Crippen LogP contribution is -2.52. The molecule has 2 heterocycles. The number of rotatable bonds is 6. The lowest BCUT2D eigenvalue weighted by Gasteiger charge is -2.36. The molecule has 2 aromatic rings. The molecule has 1 saturated heterocycles. The van der Waals surface area contributed by atoms with Crippen molar-refractivity contribution in [3.05, 3.63) is 35.1 Å². The molecule has 1 aliphatic rings. The first kappa shape index (κ1) is 20.9. The molecule has 0 saturated carbocycles. The van der Waals surface area contributed by atoms with Gasteiger partial charge in [0, 0.05) is 43.3 Å². The van der Waals surface area contributed by atoms with Crippen LogP contribution >= 0.6 is 11.6 Å². The first-order valence-corrected chi connectivity index (χ1v) is 10.0. The molecule has 10 heteroatoms. The molecule has 29 heavy (non-hydrogen) atoms. The third-order valence-corrected chi connectivity index (χ3v) is 4.76. The van der Waals surface area contributed by atoms with Gasteiger partial charge in [0.25, 0.3) is 0 Å². The maximum Gasteiger partial charge on any atom is 0.317 e. The van der Waals surface area contributed by atoms with Gasteiger partial charge in [-0.3, -0.25) is 15.2 Å². The van der Waals surface area contributed by atoms with Crippen molar-refractivity contribution in [2.24, 2.45) is 5.92 Å². The van der Waals surface area contributed by atoms with Crippen molar-refractivity contribution in [2.45, 2.75) is 20.3 Å². The largest absolute Gasteiger partial charge is 0.368 e. The molecule has 1 fully saturated rings. The quantitative estimate of drug-likeness (QED) is 0.665. The molecule has 3 amide bonds.